The van der Waals surface area contributed by atoms with Crippen molar-refractivity contribution in [2.45, 2.75) is 0 Å². The van der Waals surface area contributed by atoms with Crippen LogP contribution in [0.2, 0.25) is 0 Å². The molecule has 0 saturated carbocycles. The van der Waals surface area contributed by atoms with Crippen LogP contribution in [0.3, 0.4) is 0 Å². The van der Waals surface area contributed by atoms with Crippen LogP contribution >= 0.6 is 0 Å². The van der Waals surface area contributed by atoms with E-state index in [9.17, 15) is 9.70 Å². The van der Waals surface area contributed by atoms with Crippen molar-refractivity contribution in [3.63, 3.8) is 0 Å². The molecule has 0 radical (unpaired) electrons. The summed E-state index contributed by atoms with van der Waals surface area (Å²) in [6.45, 7) is -0.122. The van der Waals surface area contributed by atoms with E-state index in [1.165, 1.54) is 7.05 Å². The summed E-state index contributed by atoms with van der Waals surface area (Å²) in [5, 5.41) is 3.21. The average Bonchev–Trinajstić information content (AvgIpc) is 1.65. The quantitative estimate of drug-likeness (QED) is 0.288. The number of amides is 1. The van der Waals surface area contributed by atoms with Crippen LogP contribution in [0, 0.1) is 4.91 Å². The molecular weight excluding hydrogens is 110 g/mol. The maximum Gasteiger partial charge on any atom is 0.301 e. The lowest BCUT2D eigenvalue weighted by Crippen LogP contribution is -2.30. The van der Waals surface area contributed by atoms with Crippen molar-refractivity contribution in [1.82, 2.24) is 5.01 Å². The highest BCUT2D eigenvalue weighted by Gasteiger charge is 1.99. The van der Waals surface area contributed by atoms with Gasteiger partial charge in [-0.25, -0.2) is 5.01 Å². The lowest BCUT2D eigenvalue weighted by molar-refractivity contribution is -0.118. The Balaban J connectivity index is 3.39. The number of hydrogen-bond donors (Lipinski definition) is 1. The van der Waals surface area contributed by atoms with E-state index in [0.29, 0.717) is 0 Å². The molecule has 5 heteroatoms. The highest BCUT2D eigenvalue weighted by molar-refractivity contribution is 5.78. The molecule has 0 atom stereocenters. The second kappa shape index (κ2) is 3.23. The first-order chi connectivity index (χ1) is 3.66. The number of carbonyl (C=O) groups excluding carboxylic acids is 1. The van der Waals surface area contributed by atoms with Crippen LogP contribution in [0.25, 0.3) is 0 Å². The number of likely N-dealkylation sites (N-methyl/N-ethyl adjacent to an activating group) is 1. The number of nitroso groups, excluding NO2 is 1. The zero-order chi connectivity index (χ0) is 6.57. The van der Waals surface area contributed by atoms with Crippen molar-refractivity contribution in [2.24, 2.45) is 11.0 Å². The smallest absolute Gasteiger partial charge is 0.269 e. The van der Waals surface area contributed by atoms with Crippen molar-refractivity contribution in [2.75, 3.05) is 13.6 Å². The molecule has 0 unspecified atom stereocenters. The van der Waals surface area contributed by atoms with Crippen LogP contribution in [0.15, 0.2) is 5.18 Å². The number of hydrogen-bond acceptors (Lipinski definition) is 4. The van der Waals surface area contributed by atoms with Crippen molar-refractivity contribution >= 4 is 5.91 Å². The van der Waals surface area contributed by atoms with Gasteiger partial charge in [0.2, 0.25) is 0 Å². The van der Waals surface area contributed by atoms with E-state index in [0.717, 1.165) is 5.01 Å². The molecule has 1 amide bonds. The monoisotopic (exact) mass is 117 g/mol. The largest absolute Gasteiger partial charge is 0.301 e. The predicted molar refractivity (Wildman–Crippen MR) is 27.6 cm³/mol. The zero-order valence-corrected chi connectivity index (χ0v) is 4.50. The first-order valence-corrected chi connectivity index (χ1v) is 1.99. The molecule has 8 heavy (non-hydrogen) atoms. The van der Waals surface area contributed by atoms with Crippen LogP contribution in [0.1, 0.15) is 0 Å². The van der Waals surface area contributed by atoms with Crippen LogP contribution in [-0.4, -0.2) is 24.5 Å². The molecule has 46 valence electrons. The minimum atomic E-state index is -0.755. The molecule has 5 nitrogen and oxygen atoms in total. The second-order valence-corrected chi connectivity index (χ2v) is 1.40. The van der Waals surface area contributed by atoms with Crippen molar-refractivity contribution in [3.05, 3.63) is 4.91 Å². The normalized spacial score (nSPS) is 9.38. The first-order valence-electron chi connectivity index (χ1n) is 1.99. The Labute approximate surface area is 46.4 Å². The van der Waals surface area contributed by atoms with E-state index in [-0.39, 0.29) is 6.54 Å². The molecule has 0 heterocycles. The van der Waals surface area contributed by atoms with Gasteiger partial charge < -0.3 is 0 Å². The summed E-state index contributed by atoms with van der Waals surface area (Å²) in [4.78, 5) is 19.4. The molecule has 0 aromatic heterocycles. The van der Waals surface area contributed by atoms with Gasteiger partial charge in [-0.1, -0.05) is 0 Å². The summed E-state index contributed by atoms with van der Waals surface area (Å²) in [6.07, 6.45) is 0. The number of hydrazine groups is 1. The van der Waals surface area contributed by atoms with Crippen LogP contribution in [-0.2, 0) is 4.79 Å². The van der Waals surface area contributed by atoms with Gasteiger partial charge in [-0.15, -0.1) is 4.91 Å². The van der Waals surface area contributed by atoms with Gasteiger partial charge in [0.15, 0.2) is 0 Å². The Kier molecular flexibility index (Phi) is 2.90. The standard InChI is InChI=1S/C3H7N3O2/c1-6(4)2-3(7)5-8/h2,4H2,1H3. The molecule has 0 aromatic carbocycles. The van der Waals surface area contributed by atoms with Crippen LogP contribution in [0.4, 0.5) is 0 Å². The minimum absolute atomic E-state index is 0.122. The van der Waals surface area contributed by atoms with E-state index in [4.69, 9.17) is 5.84 Å². The fourth-order valence-electron chi connectivity index (χ4n) is 0.242. The molecular formula is C3H7N3O2. The number of carbonyl (C=O) groups is 1. The Hall–Kier alpha value is -0.810. The van der Waals surface area contributed by atoms with Gasteiger partial charge in [-0.3, -0.25) is 10.6 Å². The molecule has 0 aromatic rings. The summed E-state index contributed by atoms with van der Waals surface area (Å²) in [5.41, 5.74) is 0. The maximum atomic E-state index is 10.0. The van der Waals surface area contributed by atoms with Crippen LogP contribution in [0.5, 0.6) is 0 Å². The summed E-state index contributed by atoms with van der Waals surface area (Å²) < 4.78 is 0. The minimum Gasteiger partial charge on any atom is -0.269 e. The number of nitrogens with zero attached hydrogens (tertiary/aromatic N) is 2. The third-order valence-electron chi connectivity index (χ3n) is 0.486. The van der Waals surface area contributed by atoms with E-state index in [1.807, 2.05) is 0 Å². The molecule has 0 rings (SSSR count). The molecule has 0 fully saturated rings. The molecule has 2 N–H and O–H groups in total. The lowest BCUT2D eigenvalue weighted by Gasteiger charge is -2.01. The van der Waals surface area contributed by atoms with E-state index in [1.54, 1.807) is 0 Å². The lowest BCUT2D eigenvalue weighted by atomic mass is 10.6. The zero-order valence-electron chi connectivity index (χ0n) is 4.50. The summed E-state index contributed by atoms with van der Waals surface area (Å²) in [7, 11) is 1.48. The van der Waals surface area contributed by atoms with Gasteiger partial charge in [0.05, 0.1) is 6.54 Å². The van der Waals surface area contributed by atoms with Gasteiger partial charge in [-0.2, -0.15) is 0 Å². The van der Waals surface area contributed by atoms with Gasteiger partial charge in [0.25, 0.3) is 0 Å². The SMILES string of the molecule is CN(N)CC(=O)N=O. The predicted octanol–water partition coefficient (Wildman–Crippen LogP) is -0.915. The van der Waals surface area contributed by atoms with Crippen LogP contribution < -0.4 is 5.84 Å². The maximum absolute atomic E-state index is 10.0. The van der Waals surface area contributed by atoms with E-state index < -0.39 is 5.91 Å². The molecule has 0 bridgehead atoms. The third kappa shape index (κ3) is 3.38. The molecule has 0 aliphatic heterocycles. The van der Waals surface area contributed by atoms with Crippen molar-refractivity contribution in [3.8, 4) is 0 Å². The molecule has 0 spiro atoms. The van der Waals surface area contributed by atoms with E-state index in [2.05, 4.69) is 5.18 Å². The van der Waals surface area contributed by atoms with Crippen molar-refractivity contribution < 1.29 is 4.79 Å². The van der Waals surface area contributed by atoms with Crippen molar-refractivity contribution in [1.29, 1.82) is 0 Å². The topological polar surface area (TPSA) is 75.8 Å². The summed E-state index contributed by atoms with van der Waals surface area (Å²) >= 11 is 0. The number of rotatable bonds is 2. The summed E-state index contributed by atoms with van der Waals surface area (Å²) in [6, 6.07) is 0. The summed E-state index contributed by atoms with van der Waals surface area (Å²) in [5.74, 6) is 4.23. The molecule has 0 saturated heterocycles. The fraction of sp³-hybridized carbons (Fsp3) is 0.667. The Morgan fingerprint density at radius 2 is 2.38 bits per heavy atom. The molecule has 0 aliphatic carbocycles. The Bertz CT molecular complexity index is 101. The molecule has 0 aliphatic rings. The second-order valence-electron chi connectivity index (χ2n) is 1.40. The first kappa shape index (κ1) is 7.19. The van der Waals surface area contributed by atoms with Gasteiger partial charge in [0.1, 0.15) is 0 Å². The average molecular weight is 117 g/mol. The fourth-order valence-corrected chi connectivity index (χ4v) is 0.242. The van der Waals surface area contributed by atoms with E-state index >= 15 is 0 Å². The number of nitrogens with two attached hydrogens (primary N) is 1. The van der Waals surface area contributed by atoms with Gasteiger partial charge in [-0.05, 0) is 0 Å². The van der Waals surface area contributed by atoms with Gasteiger partial charge in [0, 0.05) is 12.2 Å². The highest BCUT2D eigenvalue weighted by atomic mass is 16.3. The Morgan fingerprint density at radius 3 is 2.50 bits per heavy atom. The third-order valence-corrected chi connectivity index (χ3v) is 0.486. The van der Waals surface area contributed by atoms with Gasteiger partial charge >= 0.3 is 5.91 Å². The Morgan fingerprint density at radius 1 is 1.88 bits per heavy atom. The highest BCUT2D eigenvalue weighted by Crippen LogP contribution is 1.73.